The van der Waals surface area contributed by atoms with E-state index in [0.29, 0.717) is 17.0 Å². The number of carbonyl (C=O) groups is 2. The number of benzene rings is 1. The lowest BCUT2D eigenvalue weighted by molar-refractivity contribution is -0.148. The molecule has 3 rings (SSSR count). The number of carbonyl (C=O) groups excluding carboxylic acids is 2. The second-order valence-corrected chi connectivity index (χ2v) is 6.79. The summed E-state index contributed by atoms with van der Waals surface area (Å²) in [5, 5.41) is 3.04. The number of ether oxygens (including phenoxy) is 1. The molecule has 1 atom stereocenters. The lowest BCUT2D eigenvalue weighted by Gasteiger charge is -2.14. The first kappa shape index (κ1) is 19.6. The van der Waals surface area contributed by atoms with Crippen LogP contribution in [0.5, 0.6) is 0 Å². The van der Waals surface area contributed by atoms with Crippen LogP contribution < -0.4 is 5.32 Å². The van der Waals surface area contributed by atoms with Gasteiger partial charge in [-0.2, -0.15) is 0 Å². The summed E-state index contributed by atoms with van der Waals surface area (Å²) < 4.78 is 6.94. The topological polar surface area (TPSA) is 72.7 Å². The molecule has 28 heavy (non-hydrogen) atoms. The number of anilines is 1. The van der Waals surface area contributed by atoms with Gasteiger partial charge in [-0.3, -0.25) is 9.20 Å². The highest BCUT2D eigenvalue weighted by Crippen LogP contribution is 2.19. The van der Waals surface area contributed by atoms with Crippen molar-refractivity contribution in [2.45, 2.75) is 26.9 Å². The summed E-state index contributed by atoms with van der Waals surface area (Å²) in [5.74, 6) is -1.05. The molecule has 144 valence electrons. The molecule has 1 aromatic carbocycles. The lowest BCUT2D eigenvalue weighted by Crippen LogP contribution is -2.29. The molecule has 2 heterocycles. The molecule has 7 heteroatoms. The highest BCUT2D eigenvalue weighted by Gasteiger charge is 2.17. The monoisotopic (exact) mass is 397 g/mol. The van der Waals surface area contributed by atoms with Gasteiger partial charge in [0.1, 0.15) is 5.65 Å². The molecule has 6 nitrogen and oxygen atoms in total. The third-order valence-electron chi connectivity index (χ3n) is 4.20. The number of halogens is 1. The summed E-state index contributed by atoms with van der Waals surface area (Å²) in [6, 6.07) is 11.2. The van der Waals surface area contributed by atoms with Crippen LogP contribution in [0.1, 0.15) is 23.7 Å². The first-order valence-electron chi connectivity index (χ1n) is 8.74. The van der Waals surface area contributed by atoms with E-state index in [1.54, 1.807) is 16.7 Å². The number of aromatic nitrogens is 2. The van der Waals surface area contributed by atoms with Gasteiger partial charge in [-0.15, -0.1) is 0 Å². The van der Waals surface area contributed by atoms with Crippen molar-refractivity contribution in [1.29, 1.82) is 0 Å². The van der Waals surface area contributed by atoms with E-state index < -0.39 is 18.0 Å². The number of fused-ring (bicyclic) bond motifs is 1. The van der Waals surface area contributed by atoms with Crippen LogP contribution in [0.25, 0.3) is 11.7 Å². The summed E-state index contributed by atoms with van der Waals surface area (Å²) in [6.07, 6.45) is 3.58. The maximum atomic E-state index is 12.3. The molecule has 2 aromatic heterocycles. The number of aryl methyl sites for hydroxylation is 2. The van der Waals surface area contributed by atoms with Crippen molar-refractivity contribution in [2.24, 2.45) is 0 Å². The van der Waals surface area contributed by atoms with E-state index in [1.165, 1.54) is 19.1 Å². The molecular weight excluding hydrogens is 378 g/mol. The number of rotatable bonds is 5. The Kier molecular flexibility index (Phi) is 5.80. The van der Waals surface area contributed by atoms with Crippen molar-refractivity contribution in [3.8, 4) is 0 Å². The fourth-order valence-electron chi connectivity index (χ4n) is 2.74. The Morgan fingerprint density at radius 1 is 1.25 bits per heavy atom. The van der Waals surface area contributed by atoms with Gasteiger partial charge in [0, 0.05) is 18.0 Å². The Morgan fingerprint density at radius 3 is 2.79 bits per heavy atom. The van der Waals surface area contributed by atoms with Crippen LogP contribution in [0.4, 0.5) is 5.69 Å². The summed E-state index contributed by atoms with van der Waals surface area (Å²) in [7, 11) is 0. The normalized spacial score (nSPS) is 12.3. The molecule has 1 N–H and O–H groups in total. The second kappa shape index (κ2) is 8.27. The number of hydrogen-bond donors (Lipinski definition) is 1. The molecular formula is C21H20ClN3O3. The van der Waals surface area contributed by atoms with Gasteiger partial charge in [0.05, 0.1) is 5.69 Å². The lowest BCUT2D eigenvalue weighted by atomic mass is 10.1. The van der Waals surface area contributed by atoms with Crippen LogP contribution in [-0.4, -0.2) is 27.4 Å². The highest BCUT2D eigenvalue weighted by molar-refractivity contribution is 6.31. The van der Waals surface area contributed by atoms with Crippen LogP contribution >= 0.6 is 11.6 Å². The molecule has 0 aliphatic heterocycles. The zero-order valence-electron chi connectivity index (χ0n) is 15.8. The van der Waals surface area contributed by atoms with E-state index >= 15 is 0 Å². The van der Waals surface area contributed by atoms with Gasteiger partial charge in [-0.05, 0) is 50.6 Å². The molecule has 0 radical (unpaired) electrons. The largest absolute Gasteiger partial charge is 0.449 e. The number of nitrogens with zero attached hydrogens (tertiary/aromatic N) is 2. The Hall–Kier alpha value is -3.12. The van der Waals surface area contributed by atoms with Gasteiger partial charge >= 0.3 is 5.97 Å². The molecule has 0 aliphatic carbocycles. The average Bonchev–Trinajstić information content (AvgIpc) is 2.97. The van der Waals surface area contributed by atoms with E-state index in [1.807, 2.05) is 44.2 Å². The van der Waals surface area contributed by atoms with Crippen molar-refractivity contribution in [1.82, 2.24) is 9.38 Å². The number of pyridine rings is 1. The van der Waals surface area contributed by atoms with Gasteiger partial charge < -0.3 is 10.1 Å². The molecule has 1 amide bonds. The molecule has 0 saturated heterocycles. The third-order valence-corrected chi connectivity index (χ3v) is 4.48. The maximum absolute atomic E-state index is 12.3. The van der Waals surface area contributed by atoms with E-state index in [2.05, 4.69) is 10.3 Å². The third kappa shape index (κ3) is 4.40. The van der Waals surface area contributed by atoms with Crippen molar-refractivity contribution in [2.75, 3.05) is 5.32 Å². The van der Waals surface area contributed by atoms with Gasteiger partial charge in [0.2, 0.25) is 0 Å². The van der Waals surface area contributed by atoms with Gasteiger partial charge in [-0.1, -0.05) is 35.4 Å². The Bertz CT molecular complexity index is 1070. The van der Waals surface area contributed by atoms with Crippen molar-refractivity contribution in [3.63, 3.8) is 0 Å². The second-order valence-electron chi connectivity index (χ2n) is 6.44. The fraction of sp³-hybridized carbons (Fsp3) is 0.190. The van der Waals surface area contributed by atoms with Crippen molar-refractivity contribution in [3.05, 3.63) is 70.6 Å². The van der Waals surface area contributed by atoms with E-state index in [9.17, 15) is 9.59 Å². The summed E-state index contributed by atoms with van der Waals surface area (Å²) in [5.41, 5.74) is 3.95. The highest BCUT2D eigenvalue weighted by atomic mass is 35.5. The van der Waals surface area contributed by atoms with Crippen molar-refractivity contribution >= 4 is 40.9 Å². The zero-order chi connectivity index (χ0) is 20.3. The minimum absolute atomic E-state index is 0.274. The maximum Gasteiger partial charge on any atom is 0.331 e. The first-order valence-corrected chi connectivity index (χ1v) is 9.12. The number of amides is 1. The van der Waals surface area contributed by atoms with Gasteiger partial charge in [0.25, 0.3) is 5.91 Å². The summed E-state index contributed by atoms with van der Waals surface area (Å²) >= 11 is 6.12. The minimum Gasteiger partial charge on any atom is -0.449 e. The predicted molar refractivity (Wildman–Crippen MR) is 109 cm³/mol. The zero-order valence-corrected chi connectivity index (χ0v) is 16.5. The molecule has 0 fully saturated rings. The van der Waals surface area contributed by atoms with Gasteiger partial charge in [0.15, 0.2) is 11.3 Å². The van der Waals surface area contributed by atoms with Gasteiger partial charge in [-0.25, -0.2) is 9.78 Å². The van der Waals surface area contributed by atoms with Crippen LogP contribution in [0.15, 0.2) is 48.7 Å². The standard InChI is InChI=1S/C21H20ClN3O3/c1-13-7-8-16(14(2)12-13)23-21(27)15(3)28-19(26)10-9-17-20(22)24-18-6-4-5-11-25(17)18/h4-12,15H,1-3H3,(H,23,27)/b10-9+/t15-/m0/s1. The number of esters is 1. The Labute approximate surface area is 167 Å². The van der Waals surface area contributed by atoms with Crippen molar-refractivity contribution < 1.29 is 14.3 Å². The smallest absolute Gasteiger partial charge is 0.331 e. The number of nitrogens with one attached hydrogen (secondary N) is 1. The fourth-order valence-corrected chi connectivity index (χ4v) is 2.98. The molecule has 0 spiro atoms. The first-order chi connectivity index (χ1) is 13.3. The molecule has 0 aliphatic rings. The molecule has 3 aromatic rings. The number of hydrogen-bond acceptors (Lipinski definition) is 4. The molecule has 0 saturated carbocycles. The van der Waals surface area contributed by atoms with Crippen LogP contribution in [-0.2, 0) is 14.3 Å². The van der Waals surface area contributed by atoms with Crippen LogP contribution in [0.3, 0.4) is 0 Å². The quantitative estimate of drug-likeness (QED) is 0.517. The SMILES string of the molecule is Cc1ccc(NC(=O)[C@H](C)OC(=O)/C=C/c2c(Cl)nc3ccccn23)c(C)c1. The van der Waals surface area contributed by atoms with Crippen LogP contribution in [0.2, 0.25) is 5.15 Å². The van der Waals surface area contributed by atoms with E-state index in [0.717, 1.165) is 11.1 Å². The molecule has 0 bridgehead atoms. The number of imidazole rings is 1. The summed E-state index contributed by atoms with van der Waals surface area (Å²) in [6.45, 7) is 5.40. The average molecular weight is 398 g/mol. The van der Waals surface area contributed by atoms with Crippen LogP contribution in [0, 0.1) is 13.8 Å². The predicted octanol–water partition coefficient (Wildman–Crippen LogP) is 4.19. The molecule has 0 unspecified atom stereocenters. The summed E-state index contributed by atoms with van der Waals surface area (Å²) in [4.78, 5) is 28.6. The Balaban J connectivity index is 1.64. The Morgan fingerprint density at radius 2 is 2.04 bits per heavy atom. The minimum atomic E-state index is -0.949. The van der Waals surface area contributed by atoms with E-state index in [4.69, 9.17) is 16.3 Å². The van der Waals surface area contributed by atoms with E-state index in [-0.39, 0.29) is 5.15 Å².